The first-order valence-corrected chi connectivity index (χ1v) is 23.5. The van der Waals surface area contributed by atoms with Gasteiger partial charge in [-0.1, -0.05) is 182 Å². The summed E-state index contributed by atoms with van der Waals surface area (Å²) in [5, 5.41) is 14.3. The second-order valence-electron chi connectivity index (χ2n) is 17.9. The van der Waals surface area contributed by atoms with E-state index in [1.807, 2.05) is 18.2 Å². The molecule has 0 spiro atoms. The second-order valence-corrected chi connectivity index (χ2v) is 17.9. The average molecular weight is 879 g/mol. The van der Waals surface area contributed by atoms with Crippen LogP contribution in [0.15, 0.2) is 231 Å². The molecular formula is C63H38N6. The van der Waals surface area contributed by atoms with Crippen molar-refractivity contribution in [2.75, 3.05) is 0 Å². The van der Waals surface area contributed by atoms with E-state index in [0.29, 0.717) is 17.6 Å². The van der Waals surface area contributed by atoms with Gasteiger partial charge in [-0.25, -0.2) is 4.98 Å². The fourth-order valence-corrected chi connectivity index (χ4v) is 11.4. The Morgan fingerprint density at radius 2 is 0.725 bits per heavy atom. The van der Waals surface area contributed by atoms with Gasteiger partial charge in [0.1, 0.15) is 0 Å². The minimum Gasteiger partial charge on any atom is -0.309 e. The number of benzene rings is 11. The van der Waals surface area contributed by atoms with Crippen molar-refractivity contribution >= 4 is 97.7 Å². The van der Waals surface area contributed by atoms with Crippen molar-refractivity contribution in [1.82, 2.24) is 28.7 Å². The molecule has 15 aromatic rings. The zero-order valence-electron chi connectivity index (χ0n) is 37.1. The Balaban J connectivity index is 1.07. The highest BCUT2D eigenvalue weighted by Gasteiger charge is 2.25. The molecular weight excluding hydrogens is 841 g/mol. The molecule has 11 aromatic carbocycles. The molecule has 320 valence electrons. The molecule has 4 aromatic heterocycles. The summed E-state index contributed by atoms with van der Waals surface area (Å²) in [5.74, 6) is 1.76. The molecule has 6 heteroatoms. The van der Waals surface area contributed by atoms with Crippen molar-refractivity contribution in [2.24, 2.45) is 0 Å². The lowest BCUT2D eigenvalue weighted by atomic mass is 9.94. The highest BCUT2D eigenvalue weighted by molar-refractivity contribution is 6.27. The van der Waals surface area contributed by atoms with E-state index in [-0.39, 0.29) is 0 Å². The van der Waals surface area contributed by atoms with E-state index in [2.05, 4.69) is 226 Å². The summed E-state index contributed by atoms with van der Waals surface area (Å²) in [7, 11) is 0. The van der Waals surface area contributed by atoms with Crippen LogP contribution >= 0.6 is 0 Å². The van der Waals surface area contributed by atoms with Gasteiger partial charge in [0.05, 0.1) is 33.1 Å². The predicted octanol–water partition coefficient (Wildman–Crippen LogP) is 16.0. The number of aromatic nitrogens is 6. The summed E-state index contributed by atoms with van der Waals surface area (Å²) >= 11 is 0. The molecule has 0 N–H and O–H groups in total. The quantitative estimate of drug-likeness (QED) is 0.162. The molecule has 0 radical (unpaired) electrons. The Hall–Kier alpha value is -9.39. The van der Waals surface area contributed by atoms with Crippen LogP contribution in [0, 0.1) is 0 Å². The normalized spacial score (nSPS) is 12.1. The standard InChI is InChI=1S/C63H38N6/c1-3-18-39(19-4-1)61-64-62(52-29-17-33-57-58(52)51-28-13-16-32-56(51)67(57)40-20-5-2-6-21-40)66-63(65-61)69-55-31-15-12-27-48(55)50-37-36-49-47-26-11-14-30-54(47)68(59(49)60(50)69)41-34-35-46-44-24-8-7-22-42(44)43-23-9-10-25-45(43)53(46)38-41/h1-38H. The highest BCUT2D eigenvalue weighted by atomic mass is 15.2. The molecule has 4 heterocycles. The van der Waals surface area contributed by atoms with Crippen LogP contribution in [0.25, 0.3) is 138 Å². The Labute approximate surface area is 395 Å². The number of hydrogen-bond acceptors (Lipinski definition) is 3. The maximum atomic E-state index is 5.60. The van der Waals surface area contributed by atoms with Crippen LogP contribution in [-0.4, -0.2) is 28.7 Å². The van der Waals surface area contributed by atoms with Gasteiger partial charge >= 0.3 is 0 Å². The zero-order valence-corrected chi connectivity index (χ0v) is 37.1. The summed E-state index contributed by atoms with van der Waals surface area (Å²) in [6, 6.07) is 82.6. The van der Waals surface area contributed by atoms with Crippen LogP contribution in [-0.2, 0) is 0 Å². The molecule has 0 unspecified atom stereocenters. The Morgan fingerprint density at radius 3 is 1.38 bits per heavy atom. The fourth-order valence-electron chi connectivity index (χ4n) is 11.4. The molecule has 6 nitrogen and oxygen atoms in total. The lowest BCUT2D eigenvalue weighted by molar-refractivity contribution is 0.954. The molecule has 0 atom stereocenters. The van der Waals surface area contributed by atoms with E-state index in [0.717, 1.165) is 82.5 Å². The maximum Gasteiger partial charge on any atom is 0.238 e. The largest absolute Gasteiger partial charge is 0.309 e. The summed E-state index contributed by atoms with van der Waals surface area (Å²) < 4.78 is 7.09. The summed E-state index contributed by atoms with van der Waals surface area (Å²) in [5.41, 5.74) is 10.5. The molecule has 15 rings (SSSR count). The van der Waals surface area contributed by atoms with Crippen molar-refractivity contribution in [1.29, 1.82) is 0 Å². The van der Waals surface area contributed by atoms with E-state index < -0.39 is 0 Å². The van der Waals surface area contributed by atoms with Gasteiger partial charge in [-0.3, -0.25) is 4.57 Å². The van der Waals surface area contributed by atoms with Crippen molar-refractivity contribution in [2.45, 2.75) is 0 Å². The first-order valence-electron chi connectivity index (χ1n) is 23.5. The molecule has 0 bridgehead atoms. The topological polar surface area (TPSA) is 53.5 Å². The summed E-state index contributed by atoms with van der Waals surface area (Å²) in [6.45, 7) is 0. The number of hydrogen-bond donors (Lipinski definition) is 0. The minimum atomic E-state index is 0.550. The number of rotatable bonds is 5. The monoisotopic (exact) mass is 878 g/mol. The van der Waals surface area contributed by atoms with Crippen LogP contribution in [0.5, 0.6) is 0 Å². The number of para-hydroxylation sites is 4. The van der Waals surface area contributed by atoms with Crippen LogP contribution in [0.2, 0.25) is 0 Å². The van der Waals surface area contributed by atoms with Crippen molar-refractivity contribution in [3.8, 4) is 40.1 Å². The van der Waals surface area contributed by atoms with Crippen LogP contribution in [0.4, 0.5) is 0 Å². The Morgan fingerprint density at radius 1 is 0.261 bits per heavy atom. The molecule has 0 aliphatic rings. The molecule has 0 saturated heterocycles. The fraction of sp³-hybridized carbons (Fsp3) is 0. The smallest absolute Gasteiger partial charge is 0.238 e. The van der Waals surface area contributed by atoms with E-state index in [1.165, 1.54) is 37.7 Å². The third kappa shape index (κ3) is 5.45. The van der Waals surface area contributed by atoms with Gasteiger partial charge in [0, 0.05) is 54.8 Å². The molecule has 0 fully saturated rings. The van der Waals surface area contributed by atoms with Gasteiger partial charge in [-0.15, -0.1) is 0 Å². The minimum absolute atomic E-state index is 0.550. The van der Waals surface area contributed by atoms with Gasteiger partial charge in [0.2, 0.25) is 5.95 Å². The van der Waals surface area contributed by atoms with Crippen molar-refractivity contribution in [3.05, 3.63) is 231 Å². The second kappa shape index (κ2) is 14.6. The van der Waals surface area contributed by atoms with Gasteiger partial charge in [0.15, 0.2) is 11.6 Å². The Kier molecular flexibility index (Phi) is 7.97. The SMILES string of the molecule is c1ccc(-c2nc(-c3cccc4c3c3ccccc3n4-c3ccccc3)nc(-n3c4ccccc4c4ccc5c6ccccc6n(-c6ccc7c8ccccc8c8ccccc8c7c6)c5c43)n2)cc1. The van der Waals surface area contributed by atoms with Gasteiger partial charge in [-0.05, 0) is 80.8 Å². The first-order chi connectivity index (χ1) is 34.3. The van der Waals surface area contributed by atoms with Crippen molar-refractivity contribution < 1.29 is 0 Å². The summed E-state index contributed by atoms with van der Waals surface area (Å²) in [6.07, 6.45) is 0. The van der Waals surface area contributed by atoms with Crippen LogP contribution in [0.1, 0.15) is 0 Å². The molecule has 0 saturated carbocycles. The summed E-state index contributed by atoms with van der Waals surface area (Å²) in [4.78, 5) is 16.4. The number of nitrogens with zero attached hydrogens (tertiary/aromatic N) is 6. The van der Waals surface area contributed by atoms with Crippen LogP contribution in [0.3, 0.4) is 0 Å². The van der Waals surface area contributed by atoms with Crippen LogP contribution < -0.4 is 0 Å². The molecule has 0 aliphatic carbocycles. The van der Waals surface area contributed by atoms with E-state index in [9.17, 15) is 0 Å². The van der Waals surface area contributed by atoms with E-state index >= 15 is 0 Å². The molecule has 69 heavy (non-hydrogen) atoms. The highest BCUT2D eigenvalue weighted by Crippen LogP contribution is 2.44. The Bertz CT molecular complexity index is 4560. The van der Waals surface area contributed by atoms with E-state index in [1.54, 1.807) is 0 Å². The predicted molar refractivity (Wildman–Crippen MR) is 286 cm³/mol. The lowest BCUT2D eigenvalue weighted by Crippen LogP contribution is -2.07. The van der Waals surface area contributed by atoms with E-state index in [4.69, 9.17) is 15.0 Å². The third-order valence-electron chi connectivity index (χ3n) is 14.3. The maximum absolute atomic E-state index is 5.60. The molecule has 0 aliphatic heterocycles. The zero-order chi connectivity index (χ0) is 45.2. The van der Waals surface area contributed by atoms with Gasteiger partial charge in [0.25, 0.3) is 0 Å². The first kappa shape index (κ1) is 37.8. The third-order valence-corrected chi connectivity index (χ3v) is 14.3. The van der Waals surface area contributed by atoms with Gasteiger partial charge in [-0.2, -0.15) is 9.97 Å². The molecule has 0 amide bonds. The number of fused-ring (bicyclic) bond motifs is 16. The lowest BCUT2D eigenvalue weighted by Gasteiger charge is -2.15. The van der Waals surface area contributed by atoms with Crippen molar-refractivity contribution in [3.63, 3.8) is 0 Å². The van der Waals surface area contributed by atoms with Gasteiger partial charge < -0.3 is 9.13 Å². The average Bonchev–Trinajstić information content (AvgIpc) is 4.07.